The number of imidazole rings is 1. The normalized spacial score (nSPS) is 16.4. The Kier molecular flexibility index (Phi) is 4.43. The fourth-order valence-corrected chi connectivity index (χ4v) is 3.06. The Labute approximate surface area is 131 Å². The molecule has 3 rings (SSSR count). The highest BCUT2D eigenvalue weighted by atomic mass is 16.2. The van der Waals surface area contributed by atoms with Gasteiger partial charge < -0.3 is 9.47 Å². The lowest BCUT2D eigenvalue weighted by molar-refractivity contribution is -0.133. The maximum Gasteiger partial charge on any atom is 0.222 e. The summed E-state index contributed by atoms with van der Waals surface area (Å²) in [5, 5.41) is 0. The predicted molar refractivity (Wildman–Crippen MR) is 87.5 cm³/mol. The number of hydrogen-bond donors (Lipinski definition) is 0. The Hall–Kier alpha value is -1.88. The predicted octanol–water partition coefficient (Wildman–Crippen LogP) is 2.02. The van der Waals surface area contributed by atoms with Crippen molar-refractivity contribution in [3.63, 3.8) is 0 Å². The Balaban J connectivity index is 1.62. The molecule has 2 aromatic rings. The van der Waals surface area contributed by atoms with E-state index in [0.29, 0.717) is 12.3 Å². The molecule has 1 aliphatic heterocycles. The van der Waals surface area contributed by atoms with Crippen LogP contribution in [0.4, 0.5) is 0 Å². The van der Waals surface area contributed by atoms with Crippen molar-refractivity contribution in [2.75, 3.05) is 26.2 Å². The number of piperazine rings is 1. The number of aromatic nitrogens is 2. The van der Waals surface area contributed by atoms with Gasteiger partial charge in [0.2, 0.25) is 5.91 Å². The lowest BCUT2D eigenvalue weighted by atomic mass is 10.2. The van der Waals surface area contributed by atoms with Crippen LogP contribution in [0.3, 0.4) is 0 Å². The smallest absolute Gasteiger partial charge is 0.222 e. The summed E-state index contributed by atoms with van der Waals surface area (Å²) in [6.07, 6.45) is 1.60. The van der Waals surface area contributed by atoms with Gasteiger partial charge in [-0.25, -0.2) is 4.98 Å². The molecule has 1 aromatic heterocycles. The van der Waals surface area contributed by atoms with Crippen LogP contribution in [0.15, 0.2) is 24.3 Å². The highest BCUT2D eigenvalue weighted by Gasteiger charge is 2.21. The molecule has 2 heterocycles. The van der Waals surface area contributed by atoms with Crippen LogP contribution in [-0.4, -0.2) is 51.4 Å². The molecule has 1 fully saturated rings. The van der Waals surface area contributed by atoms with Crippen LogP contribution in [0.25, 0.3) is 11.0 Å². The molecule has 1 aliphatic rings. The van der Waals surface area contributed by atoms with Crippen molar-refractivity contribution in [2.24, 2.45) is 7.05 Å². The van der Waals surface area contributed by atoms with E-state index < -0.39 is 0 Å². The molecule has 0 bridgehead atoms. The molecule has 22 heavy (non-hydrogen) atoms. The average molecular weight is 300 g/mol. The van der Waals surface area contributed by atoms with Crippen molar-refractivity contribution in [1.29, 1.82) is 0 Å². The second-order valence-electron chi connectivity index (χ2n) is 5.98. The van der Waals surface area contributed by atoms with Gasteiger partial charge in [0, 0.05) is 39.6 Å². The molecule has 0 radical (unpaired) electrons. The lowest BCUT2D eigenvalue weighted by Gasteiger charge is -2.34. The van der Waals surface area contributed by atoms with Crippen LogP contribution in [0.5, 0.6) is 0 Å². The van der Waals surface area contributed by atoms with Crippen LogP contribution in [-0.2, 0) is 18.4 Å². The number of hydrogen-bond acceptors (Lipinski definition) is 3. The molecule has 5 heteroatoms. The summed E-state index contributed by atoms with van der Waals surface area (Å²) >= 11 is 0. The molecular weight excluding hydrogens is 276 g/mol. The van der Waals surface area contributed by atoms with Gasteiger partial charge in [0.15, 0.2) is 0 Å². The van der Waals surface area contributed by atoms with E-state index in [0.717, 1.165) is 50.5 Å². The number of aryl methyl sites for hydroxylation is 1. The van der Waals surface area contributed by atoms with Gasteiger partial charge in [-0.05, 0) is 18.6 Å². The molecule has 1 aromatic carbocycles. The molecule has 0 aliphatic carbocycles. The Morgan fingerprint density at radius 1 is 1.18 bits per heavy atom. The summed E-state index contributed by atoms with van der Waals surface area (Å²) in [7, 11) is 2.08. The fourth-order valence-electron chi connectivity index (χ4n) is 3.06. The summed E-state index contributed by atoms with van der Waals surface area (Å²) < 4.78 is 2.17. The summed E-state index contributed by atoms with van der Waals surface area (Å²) in [6, 6.07) is 8.23. The van der Waals surface area contributed by atoms with Gasteiger partial charge in [-0.3, -0.25) is 9.69 Å². The topological polar surface area (TPSA) is 41.4 Å². The molecule has 1 saturated heterocycles. The summed E-state index contributed by atoms with van der Waals surface area (Å²) in [6.45, 7) is 6.43. The van der Waals surface area contributed by atoms with Crippen molar-refractivity contribution in [3.8, 4) is 0 Å². The van der Waals surface area contributed by atoms with Crippen molar-refractivity contribution in [1.82, 2.24) is 19.4 Å². The summed E-state index contributed by atoms with van der Waals surface area (Å²) in [5.74, 6) is 1.39. The third kappa shape index (κ3) is 2.99. The van der Waals surface area contributed by atoms with Crippen LogP contribution in [0, 0.1) is 0 Å². The van der Waals surface area contributed by atoms with Crippen LogP contribution < -0.4 is 0 Å². The van der Waals surface area contributed by atoms with Crippen molar-refractivity contribution in [3.05, 3.63) is 30.1 Å². The minimum atomic E-state index is 0.296. The number of amides is 1. The highest BCUT2D eigenvalue weighted by Crippen LogP contribution is 2.16. The van der Waals surface area contributed by atoms with Crippen LogP contribution >= 0.6 is 0 Å². The van der Waals surface area contributed by atoms with E-state index >= 15 is 0 Å². The van der Waals surface area contributed by atoms with E-state index in [2.05, 4.69) is 35.6 Å². The zero-order valence-electron chi connectivity index (χ0n) is 13.5. The molecule has 118 valence electrons. The number of carbonyl (C=O) groups excluding carboxylic acids is 1. The SMILES string of the molecule is CCCC(=O)N1CCN(Cc2nc3ccccc3n2C)CC1. The van der Waals surface area contributed by atoms with E-state index in [1.807, 2.05) is 17.0 Å². The number of fused-ring (bicyclic) bond motifs is 1. The second-order valence-corrected chi connectivity index (χ2v) is 5.98. The molecule has 0 saturated carbocycles. The maximum atomic E-state index is 11.9. The van der Waals surface area contributed by atoms with E-state index in [9.17, 15) is 4.79 Å². The molecule has 0 N–H and O–H groups in total. The largest absolute Gasteiger partial charge is 0.340 e. The second kappa shape index (κ2) is 6.48. The first-order valence-electron chi connectivity index (χ1n) is 8.09. The zero-order valence-corrected chi connectivity index (χ0v) is 13.5. The highest BCUT2D eigenvalue weighted by molar-refractivity contribution is 5.76. The Morgan fingerprint density at radius 2 is 1.91 bits per heavy atom. The van der Waals surface area contributed by atoms with E-state index in [1.165, 1.54) is 5.52 Å². The number of carbonyl (C=O) groups is 1. The Morgan fingerprint density at radius 3 is 2.59 bits per heavy atom. The minimum absolute atomic E-state index is 0.296. The number of nitrogens with zero attached hydrogens (tertiary/aromatic N) is 4. The molecule has 1 amide bonds. The zero-order chi connectivity index (χ0) is 15.5. The molecule has 5 nitrogen and oxygen atoms in total. The molecule has 0 unspecified atom stereocenters. The summed E-state index contributed by atoms with van der Waals surface area (Å²) in [4.78, 5) is 21.0. The third-order valence-corrected chi connectivity index (χ3v) is 4.43. The van der Waals surface area contributed by atoms with E-state index in [1.54, 1.807) is 0 Å². The minimum Gasteiger partial charge on any atom is -0.340 e. The summed E-state index contributed by atoms with van der Waals surface area (Å²) in [5.41, 5.74) is 2.23. The first-order chi connectivity index (χ1) is 10.7. The standard InChI is InChI=1S/C17H24N4O/c1-3-6-17(22)21-11-9-20(10-12-21)13-16-18-14-7-4-5-8-15(14)19(16)2/h4-5,7-8H,3,6,9-13H2,1-2H3. The van der Waals surface area contributed by atoms with Crippen LogP contribution in [0.1, 0.15) is 25.6 Å². The van der Waals surface area contributed by atoms with Crippen molar-refractivity contribution >= 4 is 16.9 Å². The van der Waals surface area contributed by atoms with E-state index in [-0.39, 0.29) is 0 Å². The van der Waals surface area contributed by atoms with E-state index in [4.69, 9.17) is 4.98 Å². The number of rotatable bonds is 4. The first-order valence-corrected chi connectivity index (χ1v) is 8.09. The average Bonchev–Trinajstić information content (AvgIpc) is 2.85. The Bertz CT molecular complexity index is 656. The molecular formula is C17H24N4O. The quantitative estimate of drug-likeness (QED) is 0.867. The number of para-hydroxylation sites is 2. The van der Waals surface area contributed by atoms with Crippen molar-refractivity contribution in [2.45, 2.75) is 26.3 Å². The maximum absolute atomic E-state index is 11.9. The van der Waals surface area contributed by atoms with Gasteiger partial charge in [0.05, 0.1) is 17.6 Å². The van der Waals surface area contributed by atoms with Gasteiger partial charge in [0.25, 0.3) is 0 Å². The third-order valence-electron chi connectivity index (χ3n) is 4.43. The molecule has 0 atom stereocenters. The first kappa shape index (κ1) is 15.0. The lowest BCUT2D eigenvalue weighted by Crippen LogP contribution is -2.48. The van der Waals surface area contributed by atoms with Gasteiger partial charge in [-0.2, -0.15) is 0 Å². The van der Waals surface area contributed by atoms with Gasteiger partial charge in [-0.1, -0.05) is 19.1 Å². The van der Waals surface area contributed by atoms with Gasteiger partial charge in [0.1, 0.15) is 5.82 Å². The van der Waals surface area contributed by atoms with Crippen molar-refractivity contribution < 1.29 is 4.79 Å². The monoisotopic (exact) mass is 300 g/mol. The van der Waals surface area contributed by atoms with Gasteiger partial charge in [-0.15, -0.1) is 0 Å². The fraction of sp³-hybridized carbons (Fsp3) is 0.529. The molecule has 0 spiro atoms. The van der Waals surface area contributed by atoms with Gasteiger partial charge >= 0.3 is 0 Å². The number of benzene rings is 1. The van der Waals surface area contributed by atoms with Crippen LogP contribution in [0.2, 0.25) is 0 Å².